The highest BCUT2D eigenvalue weighted by Gasteiger charge is 2.32. The van der Waals surface area contributed by atoms with Crippen molar-refractivity contribution >= 4 is 22.9 Å². The molecule has 2 heterocycles. The maximum atomic E-state index is 13.8. The van der Waals surface area contributed by atoms with Crippen molar-refractivity contribution in [3.63, 3.8) is 0 Å². The van der Waals surface area contributed by atoms with Crippen LogP contribution in [0.1, 0.15) is 28.7 Å². The Labute approximate surface area is 188 Å². The molecule has 1 amide bonds. The van der Waals surface area contributed by atoms with E-state index in [4.69, 9.17) is 14.2 Å². The maximum Gasteiger partial charge on any atom is 0.260 e. The van der Waals surface area contributed by atoms with Crippen LogP contribution in [0.4, 0.5) is 10.1 Å². The summed E-state index contributed by atoms with van der Waals surface area (Å²) in [6, 6.07) is 10.5. The van der Waals surface area contributed by atoms with Crippen LogP contribution in [0.3, 0.4) is 0 Å². The number of ether oxygens (including phenoxy) is 3. The Hall–Kier alpha value is -2.74. The number of benzene rings is 2. The first-order chi connectivity index (χ1) is 15.6. The van der Waals surface area contributed by atoms with Crippen LogP contribution >= 0.6 is 0 Å². The lowest BCUT2D eigenvalue weighted by atomic mass is 9.98. The summed E-state index contributed by atoms with van der Waals surface area (Å²) in [6.45, 7) is 4.57. The van der Waals surface area contributed by atoms with Crippen molar-refractivity contribution in [1.82, 2.24) is 4.90 Å². The minimum absolute atomic E-state index is 0.260. The van der Waals surface area contributed by atoms with E-state index in [1.165, 1.54) is 17.7 Å². The van der Waals surface area contributed by atoms with Gasteiger partial charge in [-0.25, -0.2) is 4.39 Å². The van der Waals surface area contributed by atoms with Crippen molar-refractivity contribution in [2.75, 3.05) is 52.4 Å². The SMILES string of the molecule is COCCN(CCCc1ccc2c(c1)COC2=C1C(=O)Nc2ccc(F)cc21)CCOC. The van der Waals surface area contributed by atoms with Crippen LogP contribution < -0.4 is 5.32 Å². The summed E-state index contributed by atoms with van der Waals surface area (Å²) in [5.74, 6) is -0.111. The first kappa shape index (κ1) is 22.5. The average molecular weight is 441 g/mol. The van der Waals surface area contributed by atoms with Gasteiger partial charge < -0.3 is 19.5 Å². The zero-order chi connectivity index (χ0) is 22.5. The highest BCUT2D eigenvalue weighted by Crippen LogP contribution is 2.41. The lowest BCUT2D eigenvalue weighted by Crippen LogP contribution is -2.31. The molecule has 2 aromatic rings. The molecule has 6 nitrogen and oxygen atoms in total. The number of halogens is 1. The summed E-state index contributed by atoms with van der Waals surface area (Å²) in [7, 11) is 3.43. The van der Waals surface area contributed by atoms with E-state index in [1.54, 1.807) is 20.3 Å². The second-order valence-electron chi connectivity index (χ2n) is 8.06. The van der Waals surface area contributed by atoms with Crippen LogP contribution in [0, 0.1) is 5.82 Å². The number of amides is 1. The summed E-state index contributed by atoms with van der Waals surface area (Å²) < 4.78 is 30.1. The van der Waals surface area contributed by atoms with Gasteiger partial charge in [0.15, 0.2) is 0 Å². The molecule has 2 aliphatic rings. The molecular weight excluding hydrogens is 411 g/mol. The number of nitrogens with one attached hydrogen (secondary N) is 1. The van der Waals surface area contributed by atoms with Gasteiger partial charge in [0.25, 0.3) is 5.91 Å². The molecular formula is C25H29FN2O4. The van der Waals surface area contributed by atoms with Gasteiger partial charge in [0.05, 0.1) is 18.8 Å². The Morgan fingerprint density at radius 1 is 1.03 bits per heavy atom. The molecule has 1 N–H and O–H groups in total. The Balaban J connectivity index is 1.46. The van der Waals surface area contributed by atoms with Gasteiger partial charge in [-0.1, -0.05) is 18.2 Å². The number of anilines is 1. The van der Waals surface area contributed by atoms with Gasteiger partial charge in [-0.2, -0.15) is 0 Å². The molecule has 0 saturated carbocycles. The van der Waals surface area contributed by atoms with E-state index in [0.29, 0.717) is 42.4 Å². The Morgan fingerprint density at radius 2 is 1.81 bits per heavy atom. The number of nitrogens with zero attached hydrogens (tertiary/aromatic N) is 1. The lowest BCUT2D eigenvalue weighted by Gasteiger charge is -2.21. The summed E-state index contributed by atoms with van der Waals surface area (Å²) in [4.78, 5) is 14.9. The van der Waals surface area contributed by atoms with E-state index in [2.05, 4.69) is 22.3 Å². The number of rotatable bonds is 10. The standard InChI is InChI=1S/C25H29FN2O4/c1-30-12-10-28(11-13-31-2)9-3-4-17-5-7-20-18(14-17)16-32-24(20)23-21-15-19(26)6-8-22(21)27-25(23)29/h5-8,14-15H,3-4,9-13,16H2,1-2H3,(H,27,29). The summed E-state index contributed by atoms with van der Waals surface area (Å²) in [6.07, 6.45) is 1.97. The Morgan fingerprint density at radius 3 is 2.56 bits per heavy atom. The van der Waals surface area contributed by atoms with E-state index < -0.39 is 0 Å². The van der Waals surface area contributed by atoms with Gasteiger partial charge in [0.1, 0.15) is 18.2 Å². The van der Waals surface area contributed by atoms with Gasteiger partial charge >= 0.3 is 0 Å². The number of carbonyl (C=O) groups excluding carboxylic acids is 1. The van der Waals surface area contributed by atoms with Crippen LogP contribution in [-0.2, 0) is 32.0 Å². The van der Waals surface area contributed by atoms with Gasteiger partial charge in [0, 0.05) is 49.7 Å². The maximum absolute atomic E-state index is 13.8. The number of methoxy groups -OCH3 is 2. The van der Waals surface area contributed by atoms with Crippen LogP contribution in [0.2, 0.25) is 0 Å². The van der Waals surface area contributed by atoms with Gasteiger partial charge in [-0.3, -0.25) is 9.69 Å². The number of hydrogen-bond acceptors (Lipinski definition) is 5. The lowest BCUT2D eigenvalue weighted by molar-refractivity contribution is -0.110. The van der Waals surface area contributed by atoms with Crippen LogP contribution in [0.25, 0.3) is 11.3 Å². The fraction of sp³-hybridized carbons (Fsp3) is 0.400. The largest absolute Gasteiger partial charge is 0.487 e. The number of aryl methyl sites for hydroxylation is 1. The zero-order valence-corrected chi connectivity index (χ0v) is 18.6. The van der Waals surface area contributed by atoms with Crippen LogP contribution in [0.5, 0.6) is 0 Å². The van der Waals surface area contributed by atoms with Crippen LogP contribution in [0.15, 0.2) is 36.4 Å². The Bertz CT molecular complexity index is 1010. The molecule has 2 aromatic carbocycles. The fourth-order valence-electron chi connectivity index (χ4n) is 4.23. The number of hydrogen-bond donors (Lipinski definition) is 1. The normalized spacial score (nSPS) is 16.8. The van der Waals surface area contributed by atoms with Crippen molar-refractivity contribution in [1.29, 1.82) is 0 Å². The molecule has 7 heteroatoms. The second kappa shape index (κ2) is 10.3. The third-order valence-corrected chi connectivity index (χ3v) is 5.90. The van der Waals surface area contributed by atoms with E-state index in [0.717, 1.165) is 43.6 Å². The summed E-state index contributed by atoms with van der Waals surface area (Å²) in [5, 5.41) is 2.80. The van der Waals surface area contributed by atoms with E-state index in [1.807, 2.05) is 6.07 Å². The predicted molar refractivity (Wildman–Crippen MR) is 122 cm³/mol. The van der Waals surface area contributed by atoms with Crippen LogP contribution in [-0.4, -0.2) is 57.9 Å². The molecule has 0 aromatic heterocycles. The summed E-state index contributed by atoms with van der Waals surface area (Å²) in [5.41, 5.74) is 4.75. The molecule has 32 heavy (non-hydrogen) atoms. The second-order valence-corrected chi connectivity index (χ2v) is 8.06. The number of fused-ring (bicyclic) bond motifs is 2. The molecule has 0 bridgehead atoms. The first-order valence-corrected chi connectivity index (χ1v) is 10.9. The molecule has 4 rings (SSSR count). The third-order valence-electron chi connectivity index (χ3n) is 5.90. The summed E-state index contributed by atoms with van der Waals surface area (Å²) >= 11 is 0. The molecule has 0 fully saturated rings. The fourth-order valence-corrected chi connectivity index (χ4v) is 4.23. The quantitative estimate of drug-likeness (QED) is 0.571. The Kier molecular flexibility index (Phi) is 7.19. The monoisotopic (exact) mass is 440 g/mol. The molecule has 0 saturated heterocycles. The molecule has 170 valence electrons. The minimum Gasteiger partial charge on any atom is -0.487 e. The smallest absolute Gasteiger partial charge is 0.260 e. The van der Waals surface area contributed by atoms with Crippen molar-refractivity contribution < 1.29 is 23.4 Å². The topological polar surface area (TPSA) is 60.0 Å². The van der Waals surface area contributed by atoms with Crippen molar-refractivity contribution in [2.24, 2.45) is 0 Å². The third kappa shape index (κ3) is 4.85. The molecule has 0 unspecified atom stereocenters. The number of carbonyl (C=O) groups is 1. The van der Waals surface area contributed by atoms with Gasteiger partial charge in [-0.15, -0.1) is 0 Å². The minimum atomic E-state index is -0.378. The molecule has 0 aliphatic carbocycles. The van der Waals surface area contributed by atoms with Crippen molar-refractivity contribution in [2.45, 2.75) is 19.4 Å². The molecule has 0 atom stereocenters. The molecule has 2 aliphatic heterocycles. The first-order valence-electron chi connectivity index (χ1n) is 10.9. The molecule has 0 spiro atoms. The average Bonchev–Trinajstić information content (AvgIpc) is 3.34. The predicted octanol–water partition coefficient (Wildman–Crippen LogP) is 3.70. The van der Waals surface area contributed by atoms with Crippen molar-refractivity contribution in [3.8, 4) is 0 Å². The van der Waals surface area contributed by atoms with Gasteiger partial charge in [-0.05, 0) is 43.1 Å². The van der Waals surface area contributed by atoms with E-state index in [9.17, 15) is 9.18 Å². The zero-order valence-electron chi connectivity index (χ0n) is 18.6. The van der Waals surface area contributed by atoms with E-state index in [-0.39, 0.29) is 11.7 Å². The van der Waals surface area contributed by atoms with Gasteiger partial charge in [0.2, 0.25) is 0 Å². The highest BCUT2D eigenvalue weighted by molar-refractivity contribution is 6.36. The van der Waals surface area contributed by atoms with E-state index >= 15 is 0 Å². The van der Waals surface area contributed by atoms with Crippen molar-refractivity contribution in [3.05, 3.63) is 64.5 Å². The molecule has 0 radical (unpaired) electrons. The highest BCUT2D eigenvalue weighted by atomic mass is 19.1.